The molecule has 84 valence electrons. The van der Waals surface area contributed by atoms with Crippen LogP contribution in [0.5, 0.6) is 0 Å². The molecule has 0 spiro atoms. The van der Waals surface area contributed by atoms with Crippen molar-refractivity contribution in [1.82, 2.24) is 4.98 Å². The van der Waals surface area contributed by atoms with E-state index in [1.54, 1.807) is 6.20 Å². The molecule has 15 heavy (non-hydrogen) atoms. The fourth-order valence-electron chi connectivity index (χ4n) is 1.61. The number of nitrogens with zero attached hydrogens (tertiary/aromatic N) is 1. The monoisotopic (exact) mass is 207 g/mol. The number of aliphatic hydroxyl groups is 1. The molecule has 0 fully saturated rings. The van der Waals surface area contributed by atoms with Crippen molar-refractivity contribution in [2.45, 2.75) is 52.1 Å². The van der Waals surface area contributed by atoms with Crippen molar-refractivity contribution in [2.75, 3.05) is 0 Å². The van der Waals surface area contributed by atoms with Gasteiger partial charge in [-0.2, -0.15) is 0 Å². The second-order valence-electron chi connectivity index (χ2n) is 4.10. The van der Waals surface area contributed by atoms with Gasteiger partial charge in [-0.25, -0.2) is 0 Å². The molecule has 0 saturated heterocycles. The molecular formula is C13H21NO. The van der Waals surface area contributed by atoms with Crippen molar-refractivity contribution in [2.24, 2.45) is 0 Å². The number of aryl methyl sites for hydroxylation is 1. The van der Waals surface area contributed by atoms with Crippen LogP contribution < -0.4 is 0 Å². The average molecular weight is 207 g/mol. The SMILES string of the molecule is CCCCCCC(O)c1ccc(C)nc1. The molecule has 1 heterocycles. The second kappa shape index (κ2) is 6.57. The maximum atomic E-state index is 9.87. The number of aromatic nitrogens is 1. The normalized spacial score (nSPS) is 12.7. The zero-order valence-electron chi connectivity index (χ0n) is 9.74. The van der Waals surface area contributed by atoms with Crippen molar-refractivity contribution < 1.29 is 5.11 Å². The highest BCUT2D eigenvalue weighted by atomic mass is 16.3. The van der Waals surface area contributed by atoms with E-state index >= 15 is 0 Å². The number of aliphatic hydroxyl groups excluding tert-OH is 1. The van der Waals surface area contributed by atoms with Crippen LogP contribution in [0.3, 0.4) is 0 Å². The van der Waals surface area contributed by atoms with Gasteiger partial charge in [0.2, 0.25) is 0 Å². The van der Waals surface area contributed by atoms with Crippen LogP contribution >= 0.6 is 0 Å². The predicted molar refractivity (Wildman–Crippen MR) is 62.7 cm³/mol. The summed E-state index contributed by atoms with van der Waals surface area (Å²) < 4.78 is 0. The van der Waals surface area contributed by atoms with Crippen LogP contribution in [0.25, 0.3) is 0 Å². The van der Waals surface area contributed by atoms with Gasteiger partial charge in [-0.1, -0.05) is 38.7 Å². The van der Waals surface area contributed by atoms with E-state index < -0.39 is 0 Å². The number of rotatable bonds is 6. The Kier molecular flexibility index (Phi) is 5.33. The Morgan fingerprint density at radius 2 is 2.07 bits per heavy atom. The first-order chi connectivity index (χ1) is 7.24. The molecule has 0 radical (unpaired) electrons. The molecule has 0 bridgehead atoms. The van der Waals surface area contributed by atoms with Crippen molar-refractivity contribution in [3.8, 4) is 0 Å². The highest BCUT2D eigenvalue weighted by Crippen LogP contribution is 2.19. The topological polar surface area (TPSA) is 33.1 Å². The number of pyridine rings is 1. The Hall–Kier alpha value is -0.890. The number of unbranched alkanes of at least 4 members (excludes halogenated alkanes) is 3. The van der Waals surface area contributed by atoms with Crippen molar-refractivity contribution in [1.29, 1.82) is 0 Å². The molecule has 2 heteroatoms. The standard InChI is InChI=1S/C13H21NO/c1-3-4-5-6-7-13(15)12-9-8-11(2)14-10-12/h8-10,13,15H,3-7H2,1-2H3. The Balaban J connectivity index is 2.33. The van der Waals surface area contributed by atoms with E-state index in [0.717, 1.165) is 24.1 Å². The summed E-state index contributed by atoms with van der Waals surface area (Å²) in [5.41, 5.74) is 1.94. The van der Waals surface area contributed by atoms with Gasteiger partial charge in [0.1, 0.15) is 0 Å². The minimum absolute atomic E-state index is 0.338. The summed E-state index contributed by atoms with van der Waals surface area (Å²) >= 11 is 0. The van der Waals surface area contributed by atoms with Gasteiger partial charge in [0, 0.05) is 11.9 Å². The van der Waals surface area contributed by atoms with Crippen LogP contribution in [-0.2, 0) is 0 Å². The van der Waals surface area contributed by atoms with E-state index in [9.17, 15) is 5.11 Å². The summed E-state index contributed by atoms with van der Waals surface area (Å²) in [4.78, 5) is 4.18. The zero-order valence-corrected chi connectivity index (χ0v) is 9.74. The molecular weight excluding hydrogens is 186 g/mol. The zero-order chi connectivity index (χ0) is 11.1. The van der Waals surface area contributed by atoms with Crippen LogP contribution in [0.1, 0.15) is 56.4 Å². The van der Waals surface area contributed by atoms with Gasteiger partial charge in [-0.3, -0.25) is 4.98 Å². The van der Waals surface area contributed by atoms with Crippen LogP contribution in [0.4, 0.5) is 0 Å². The van der Waals surface area contributed by atoms with E-state index in [1.807, 2.05) is 19.1 Å². The third-order valence-electron chi connectivity index (χ3n) is 2.65. The largest absolute Gasteiger partial charge is 0.388 e. The van der Waals surface area contributed by atoms with Crippen molar-refractivity contribution in [3.63, 3.8) is 0 Å². The predicted octanol–water partition coefficient (Wildman–Crippen LogP) is 3.39. The molecule has 1 atom stereocenters. The molecule has 0 amide bonds. The minimum Gasteiger partial charge on any atom is -0.388 e. The molecule has 1 aromatic heterocycles. The summed E-state index contributed by atoms with van der Waals surface area (Å²) in [7, 11) is 0. The summed E-state index contributed by atoms with van der Waals surface area (Å²) in [5, 5.41) is 9.87. The molecule has 1 aromatic rings. The molecule has 1 unspecified atom stereocenters. The lowest BCUT2D eigenvalue weighted by Gasteiger charge is -2.10. The van der Waals surface area contributed by atoms with E-state index in [2.05, 4.69) is 11.9 Å². The first-order valence-corrected chi connectivity index (χ1v) is 5.84. The molecule has 0 aromatic carbocycles. The van der Waals surface area contributed by atoms with Crippen LogP contribution in [-0.4, -0.2) is 10.1 Å². The Morgan fingerprint density at radius 1 is 1.27 bits per heavy atom. The van der Waals surface area contributed by atoms with Gasteiger partial charge in [0.15, 0.2) is 0 Å². The van der Waals surface area contributed by atoms with Gasteiger partial charge in [-0.15, -0.1) is 0 Å². The van der Waals surface area contributed by atoms with Crippen LogP contribution in [0.2, 0.25) is 0 Å². The number of hydrogen-bond donors (Lipinski definition) is 1. The smallest absolute Gasteiger partial charge is 0.0804 e. The van der Waals surface area contributed by atoms with Gasteiger partial charge in [0.05, 0.1) is 6.10 Å². The quantitative estimate of drug-likeness (QED) is 0.725. The van der Waals surface area contributed by atoms with Crippen molar-refractivity contribution >= 4 is 0 Å². The molecule has 1 rings (SSSR count). The first kappa shape index (κ1) is 12.2. The molecule has 0 aliphatic rings. The van der Waals surface area contributed by atoms with Gasteiger partial charge in [-0.05, 0) is 25.0 Å². The minimum atomic E-state index is -0.338. The maximum Gasteiger partial charge on any atom is 0.0804 e. The van der Waals surface area contributed by atoms with E-state index in [4.69, 9.17) is 0 Å². The first-order valence-electron chi connectivity index (χ1n) is 5.84. The molecule has 0 aliphatic carbocycles. The maximum absolute atomic E-state index is 9.87. The van der Waals surface area contributed by atoms with Gasteiger partial charge < -0.3 is 5.11 Å². The Bertz CT molecular complexity index is 268. The molecule has 0 saturated carbocycles. The number of hydrogen-bond acceptors (Lipinski definition) is 2. The van der Waals surface area contributed by atoms with Crippen molar-refractivity contribution in [3.05, 3.63) is 29.6 Å². The van der Waals surface area contributed by atoms with Crippen LogP contribution in [0.15, 0.2) is 18.3 Å². The Morgan fingerprint density at radius 3 is 2.67 bits per heavy atom. The lowest BCUT2D eigenvalue weighted by Crippen LogP contribution is -1.98. The second-order valence-corrected chi connectivity index (χ2v) is 4.10. The van der Waals surface area contributed by atoms with E-state index in [1.165, 1.54) is 19.3 Å². The average Bonchev–Trinajstić information content (AvgIpc) is 2.25. The van der Waals surface area contributed by atoms with E-state index in [0.29, 0.717) is 0 Å². The third kappa shape index (κ3) is 4.43. The highest BCUT2D eigenvalue weighted by molar-refractivity contribution is 5.15. The van der Waals surface area contributed by atoms with E-state index in [-0.39, 0.29) is 6.10 Å². The Labute approximate surface area is 92.4 Å². The fraction of sp³-hybridized carbons (Fsp3) is 0.615. The van der Waals surface area contributed by atoms with Gasteiger partial charge >= 0.3 is 0 Å². The lowest BCUT2D eigenvalue weighted by atomic mass is 10.0. The molecule has 2 nitrogen and oxygen atoms in total. The summed E-state index contributed by atoms with van der Waals surface area (Å²) in [6.07, 6.45) is 7.11. The third-order valence-corrected chi connectivity index (χ3v) is 2.65. The molecule has 0 aliphatic heterocycles. The molecule has 1 N–H and O–H groups in total. The highest BCUT2D eigenvalue weighted by Gasteiger charge is 2.06. The summed E-state index contributed by atoms with van der Waals surface area (Å²) in [5.74, 6) is 0. The summed E-state index contributed by atoms with van der Waals surface area (Å²) in [6, 6.07) is 3.91. The summed E-state index contributed by atoms with van der Waals surface area (Å²) in [6.45, 7) is 4.15. The van der Waals surface area contributed by atoms with Gasteiger partial charge in [0.25, 0.3) is 0 Å². The van der Waals surface area contributed by atoms with Crippen LogP contribution in [0, 0.1) is 6.92 Å². The lowest BCUT2D eigenvalue weighted by molar-refractivity contribution is 0.163. The fourth-order valence-corrected chi connectivity index (χ4v) is 1.61.